The summed E-state index contributed by atoms with van der Waals surface area (Å²) in [5.41, 5.74) is 6.76. The van der Waals surface area contributed by atoms with Crippen molar-refractivity contribution in [3.05, 3.63) is 182 Å². The summed E-state index contributed by atoms with van der Waals surface area (Å²) in [6, 6.07) is 65.1. The highest BCUT2D eigenvalue weighted by atomic mass is 15.1. The highest BCUT2D eigenvalue weighted by Gasteiger charge is 2.17. The van der Waals surface area contributed by atoms with Gasteiger partial charge in [-0.3, -0.25) is 0 Å². The number of nitrogens with zero attached hydrogens (tertiary/aromatic N) is 2. The average Bonchev–Trinajstić information content (AvgIpc) is 3.10. The Morgan fingerprint density at radius 3 is 0.795 bits per heavy atom. The van der Waals surface area contributed by atoms with E-state index in [1.807, 2.05) is 0 Å². The van der Waals surface area contributed by atoms with Gasteiger partial charge in [-0.25, -0.2) is 0 Å². The molecule has 0 spiro atoms. The molecule has 0 N–H and O–H groups in total. The Balaban J connectivity index is 1.41. The molecule has 0 aromatic heterocycles. The molecular formula is C42H30N2. The van der Waals surface area contributed by atoms with E-state index in [0.29, 0.717) is 0 Å². The van der Waals surface area contributed by atoms with E-state index in [1.54, 1.807) is 0 Å². The molecule has 0 bridgehead atoms. The summed E-state index contributed by atoms with van der Waals surface area (Å²) in [7, 11) is 0. The van der Waals surface area contributed by atoms with Crippen LogP contribution in [0, 0.1) is 0 Å². The number of benzene rings is 8. The predicted octanol–water partition coefficient (Wildman–Crippen LogP) is 12.1. The van der Waals surface area contributed by atoms with Gasteiger partial charge in [-0.15, -0.1) is 0 Å². The van der Waals surface area contributed by atoms with Crippen molar-refractivity contribution in [2.45, 2.75) is 0 Å². The number of hydrogen-bond acceptors (Lipinski definition) is 2. The van der Waals surface area contributed by atoms with Crippen LogP contribution in [0.2, 0.25) is 0 Å². The topological polar surface area (TPSA) is 6.48 Å². The van der Waals surface area contributed by atoms with Crippen LogP contribution in [0.5, 0.6) is 0 Å². The first-order valence-electron chi connectivity index (χ1n) is 15.0. The van der Waals surface area contributed by atoms with Crippen molar-refractivity contribution in [2.24, 2.45) is 0 Å². The zero-order valence-electron chi connectivity index (χ0n) is 24.2. The molecule has 0 aliphatic heterocycles. The largest absolute Gasteiger partial charge is 0.310 e. The van der Waals surface area contributed by atoms with Gasteiger partial charge in [0.2, 0.25) is 0 Å². The second-order valence-corrected chi connectivity index (χ2v) is 11.0. The van der Waals surface area contributed by atoms with Gasteiger partial charge in [0.05, 0.1) is 0 Å². The third kappa shape index (κ3) is 4.54. The number of hydrogen-bond donors (Lipinski definition) is 0. The van der Waals surface area contributed by atoms with Gasteiger partial charge in [-0.05, 0) is 105 Å². The third-order valence-electron chi connectivity index (χ3n) is 8.38. The predicted molar refractivity (Wildman–Crippen MR) is 188 cm³/mol. The lowest BCUT2D eigenvalue weighted by Gasteiger charge is -2.27. The minimum atomic E-state index is 1.12. The maximum atomic E-state index is 2.36. The number of rotatable bonds is 6. The Kier molecular flexibility index (Phi) is 6.51. The van der Waals surface area contributed by atoms with Gasteiger partial charge in [0.1, 0.15) is 0 Å². The maximum Gasteiger partial charge on any atom is 0.0468 e. The van der Waals surface area contributed by atoms with E-state index in [-0.39, 0.29) is 0 Å². The van der Waals surface area contributed by atoms with Crippen molar-refractivity contribution >= 4 is 66.4 Å². The number of para-hydroxylation sites is 4. The van der Waals surface area contributed by atoms with Gasteiger partial charge < -0.3 is 9.80 Å². The van der Waals surface area contributed by atoms with Crippen LogP contribution >= 0.6 is 0 Å². The van der Waals surface area contributed by atoms with Crippen LogP contribution in [0.15, 0.2) is 182 Å². The molecule has 0 aliphatic rings. The second-order valence-electron chi connectivity index (χ2n) is 11.0. The monoisotopic (exact) mass is 562 g/mol. The van der Waals surface area contributed by atoms with Crippen LogP contribution in [0.1, 0.15) is 0 Å². The zero-order valence-corrected chi connectivity index (χ0v) is 24.2. The van der Waals surface area contributed by atoms with Gasteiger partial charge in [-0.2, -0.15) is 0 Å². The molecule has 0 amide bonds. The summed E-state index contributed by atoms with van der Waals surface area (Å²) in [6.07, 6.45) is 0. The molecular weight excluding hydrogens is 532 g/mol. The van der Waals surface area contributed by atoms with Gasteiger partial charge in [0, 0.05) is 34.1 Å². The Morgan fingerprint density at radius 1 is 0.205 bits per heavy atom. The van der Waals surface area contributed by atoms with Crippen LogP contribution < -0.4 is 9.80 Å². The molecule has 0 fully saturated rings. The van der Waals surface area contributed by atoms with E-state index in [4.69, 9.17) is 0 Å². The molecule has 208 valence electrons. The Labute approximate surface area is 257 Å². The molecule has 2 heteroatoms. The average molecular weight is 563 g/mol. The molecule has 0 aliphatic carbocycles. The number of fused-ring (bicyclic) bond motifs is 6. The number of anilines is 6. The molecule has 8 rings (SSSR count). The molecule has 0 heterocycles. The van der Waals surface area contributed by atoms with E-state index < -0.39 is 0 Å². The summed E-state index contributed by atoms with van der Waals surface area (Å²) in [5.74, 6) is 0. The highest BCUT2D eigenvalue weighted by molar-refractivity contribution is 6.26. The summed E-state index contributed by atoms with van der Waals surface area (Å²) < 4.78 is 0. The summed E-state index contributed by atoms with van der Waals surface area (Å²) in [6.45, 7) is 0. The molecule has 0 saturated carbocycles. The van der Waals surface area contributed by atoms with Crippen molar-refractivity contribution < 1.29 is 0 Å². The van der Waals surface area contributed by atoms with Gasteiger partial charge in [-0.1, -0.05) is 109 Å². The van der Waals surface area contributed by atoms with Crippen LogP contribution in [0.25, 0.3) is 32.3 Å². The van der Waals surface area contributed by atoms with Gasteiger partial charge in [0.25, 0.3) is 0 Å². The summed E-state index contributed by atoms with van der Waals surface area (Å²) in [4.78, 5) is 4.68. The van der Waals surface area contributed by atoms with E-state index in [9.17, 15) is 0 Å². The SMILES string of the molecule is c1ccc(N(c2ccccc2)c2ccc3c4ccccc4c4ccc(N(c5ccccc5)c5ccccc5)cc4c3c2)cc1. The second kappa shape index (κ2) is 11.1. The van der Waals surface area contributed by atoms with Crippen LogP contribution in [-0.4, -0.2) is 0 Å². The molecule has 0 saturated heterocycles. The molecule has 0 radical (unpaired) electrons. The van der Waals surface area contributed by atoms with Gasteiger partial charge >= 0.3 is 0 Å². The first-order chi connectivity index (χ1) is 21.8. The van der Waals surface area contributed by atoms with E-state index >= 15 is 0 Å². The molecule has 44 heavy (non-hydrogen) atoms. The van der Waals surface area contributed by atoms with Crippen molar-refractivity contribution in [3.8, 4) is 0 Å². The Morgan fingerprint density at radius 2 is 0.477 bits per heavy atom. The first-order valence-corrected chi connectivity index (χ1v) is 15.0. The highest BCUT2D eigenvalue weighted by Crippen LogP contribution is 2.43. The van der Waals surface area contributed by atoms with Crippen LogP contribution in [0.4, 0.5) is 34.1 Å². The Bertz CT molecular complexity index is 1970. The fourth-order valence-electron chi connectivity index (χ4n) is 6.41. The van der Waals surface area contributed by atoms with Crippen LogP contribution in [-0.2, 0) is 0 Å². The maximum absolute atomic E-state index is 2.36. The standard InChI is InChI=1S/C42H30N2/c1-5-15-31(16-6-1)43(32-17-7-2-8-18-32)35-25-27-39-37-23-13-14-24-38(37)40-28-26-36(30-42(40)41(39)29-35)44(33-19-9-3-10-20-33)34-21-11-4-12-22-34/h1-30H. The van der Waals surface area contributed by atoms with Crippen molar-refractivity contribution in [3.63, 3.8) is 0 Å². The minimum absolute atomic E-state index is 1.12. The van der Waals surface area contributed by atoms with Crippen molar-refractivity contribution in [2.75, 3.05) is 9.80 Å². The smallest absolute Gasteiger partial charge is 0.0468 e. The fraction of sp³-hybridized carbons (Fsp3) is 0. The van der Waals surface area contributed by atoms with Gasteiger partial charge in [0.15, 0.2) is 0 Å². The first kappa shape index (κ1) is 25.8. The lowest BCUT2D eigenvalue weighted by molar-refractivity contribution is 1.29. The third-order valence-corrected chi connectivity index (χ3v) is 8.38. The zero-order chi connectivity index (χ0) is 29.3. The Hall–Kier alpha value is -5.86. The quantitative estimate of drug-likeness (QED) is 0.186. The van der Waals surface area contributed by atoms with Crippen molar-refractivity contribution in [1.29, 1.82) is 0 Å². The molecule has 8 aromatic carbocycles. The fourth-order valence-corrected chi connectivity index (χ4v) is 6.41. The summed E-state index contributed by atoms with van der Waals surface area (Å²) in [5, 5.41) is 7.50. The van der Waals surface area contributed by atoms with E-state index in [0.717, 1.165) is 34.1 Å². The normalized spacial score (nSPS) is 11.2. The minimum Gasteiger partial charge on any atom is -0.310 e. The lowest BCUT2D eigenvalue weighted by atomic mass is 9.93. The van der Waals surface area contributed by atoms with Crippen LogP contribution in [0.3, 0.4) is 0 Å². The lowest BCUT2D eigenvalue weighted by Crippen LogP contribution is -2.10. The van der Waals surface area contributed by atoms with Crippen molar-refractivity contribution in [1.82, 2.24) is 0 Å². The molecule has 8 aromatic rings. The van der Waals surface area contributed by atoms with E-state index in [1.165, 1.54) is 32.3 Å². The molecule has 0 unspecified atom stereocenters. The molecule has 0 atom stereocenters. The summed E-state index contributed by atoms with van der Waals surface area (Å²) >= 11 is 0. The van der Waals surface area contributed by atoms with E-state index in [2.05, 4.69) is 192 Å². The molecule has 2 nitrogen and oxygen atoms in total.